The molecule has 0 saturated carbocycles. The Morgan fingerprint density at radius 3 is 2.84 bits per heavy atom. The SMILES string of the molecule is COCCNC(=O)CNC(=O)c1cc(N)cnc1C. The van der Waals surface area contributed by atoms with Gasteiger partial charge in [0.2, 0.25) is 5.91 Å². The highest BCUT2D eigenvalue weighted by molar-refractivity contribution is 5.97. The van der Waals surface area contributed by atoms with Crippen molar-refractivity contribution in [2.75, 3.05) is 32.5 Å². The zero-order valence-electron chi connectivity index (χ0n) is 11.0. The van der Waals surface area contributed by atoms with E-state index in [0.29, 0.717) is 30.1 Å². The number of anilines is 1. The summed E-state index contributed by atoms with van der Waals surface area (Å²) in [6.45, 7) is 2.44. The van der Waals surface area contributed by atoms with Gasteiger partial charge in [0.15, 0.2) is 0 Å². The van der Waals surface area contributed by atoms with Crippen LogP contribution in [0.15, 0.2) is 12.3 Å². The number of amides is 2. The molecule has 0 atom stereocenters. The molecule has 0 radical (unpaired) electrons. The van der Waals surface area contributed by atoms with Crippen LogP contribution in [0.4, 0.5) is 5.69 Å². The van der Waals surface area contributed by atoms with Crippen LogP contribution in [0.25, 0.3) is 0 Å². The Kier molecular flexibility index (Phi) is 5.74. The zero-order chi connectivity index (χ0) is 14.3. The van der Waals surface area contributed by atoms with Gasteiger partial charge in [0.05, 0.1) is 36.3 Å². The predicted molar refractivity (Wildman–Crippen MR) is 70.6 cm³/mol. The molecule has 0 aliphatic heterocycles. The van der Waals surface area contributed by atoms with E-state index >= 15 is 0 Å². The first-order chi connectivity index (χ1) is 9.04. The maximum Gasteiger partial charge on any atom is 0.253 e. The number of carbonyl (C=O) groups excluding carboxylic acids is 2. The average Bonchev–Trinajstić information content (AvgIpc) is 2.39. The molecule has 7 nitrogen and oxygen atoms in total. The van der Waals surface area contributed by atoms with E-state index in [2.05, 4.69) is 15.6 Å². The van der Waals surface area contributed by atoms with Crippen LogP contribution < -0.4 is 16.4 Å². The van der Waals surface area contributed by atoms with E-state index in [-0.39, 0.29) is 18.4 Å². The highest BCUT2D eigenvalue weighted by Crippen LogP contribution is 2.08. The highest BCUT2D eigenvalue weighted by Gasteiger charge is 2.11. The Balaban J connectivity index is 2.47. The number of ether oxygens (including phenoxy) is 1. The Hall–Kier alpha value is -2.15. The third-order valence-corrected chi connectivity index (χ3v) is 2.39. The first-order valence-electron chi connectivity index (χ1n) is 5.80. The van der Waals surface area contributed by atoms with Crippen molar-refractivity contribution >= 4 is 17.5 Å². The van der Waals surface area contributed by atoms with E-state index < -0.39 is 0 Å². The molecule has 0 aliphatic rings. The maximum atomic E-state index is 11.8. The predicted octanol–water partition coefficient (Wildman–Crippen LogP) is -0.535. The average molecular weight is 266 g/mol. The number of nitrogens with one attached hydrogen (secondary N) is 2. The zero-order valence-corrected chi connectivity index (χ0v) is 11.0. The van der Waals surface area contributed by atoms with Gasteiger partial charge in [-0.3, -0.25) is 14.6 Å². The number of nitrogen functional groups attached to an aromatic ring is 1. The number of rotatable bonds is 6. The quantitative estimate of drug-likeness (QED) is 0.600. The van der Waals surface area contributed by atoms with Gasteiger partial charge >= 0.3 is 0 Å². The van der Waals surface area contributed by atoms with Crippen LogP contribution in [0.2, 0.25) is 0 Å². The third-order valence-electron chi connectivity index (χ3n) is 2.39. The van der Waals surface area contributed by atoms with Crippen molar-refractivity contribution in [3.8, 4) is 0 Å². The Bertz CT molecular complexity index is 462. The fourth-order valence-corrected chi connectivity index (χ4v) is 1.39. The molecular formula is C12H18N4O3. The van der Waals surface area contributed by atoms with Crippen LogP contribution in [-0.4, -0.2) is 43.6 Å². The molecule has 0 aliphatic carbocycles. The van der Waals surface area contributed by atoms with Gasteiger partial charge in [0, 0.05) is 13.7 Å². The normalized spacial score (nSPS) is 10.0. The van der Waals surface area contributed by atoms with Gasteiger partial charge in [-0.2, -0.15) is 0 Å². The van der Waals surface area contributed by atoms with E-state index in [4.69, 9.17) is 10.5 Å². The molecule has 19 heavy (non-hydrogen) atoms. The summed E-state index contributed by atoms with van der Waals surface area (Å²) >= 11 is 0. The largest absolute Gasteiger partial charge is 0.397 e. The summed E-state index contributed by atoms with van der Waals surface area (Å²) in [6.07, 6.45) is 1.48. The highest BCUT2D eigenvalue weighted by atomic mass is 16.5. The first-order valence-corrected chi connectivity index (χ1v) is 5.80. The number of methoxy groups -OCH3 is 1. The molecule has 1 rings (SSSR count). The lowest BCUT2D eigenvalue weighted by Crippen LogP contribution is -2.38. The topological polar surface area (TPSA) is 106 Å². The number of hydrogen-bond donors (Lipinski definition) is 3. The monoisotopic (exact) mass is 266 g/mol. The number of aromatic nitrogens is 1. The van der Waals surface area contributed by atoms with Gasteiger partial charge in [-0.05, 0) is 13.0 Å². The maximum absolute atomic E-state index is 11.8. The van der Waals surface area contributed by atoms with Crippen molar-refractivity contribution in [2.45, 2.75) is 6.92 Å². The molecule has 104 valence electrons. The van der Waals surface area contributed by atoms with Crippen molar-refractivity contribution in [3.05, 3.63) is 23.5 Å². The summed E-state index contributed by atoms with van der Waals surface area (Å²) in [5.74, 6) is -0.654. The Morgan fingerprint density at radius 1 is 1.42 bits per heavy atom. The molecule has 0 saturated heterocycles. The molecule has 0 aromatic carbocycles. The molecule has 0 bridgehead atoms. The smallest absolute Gasteiger partial charge is 0.253 e. The Morgan fingerprint density at radius 2 is 2.16 bits per heavy atom. The third kappa shape index (κ3) is 4.92. The fraction of sp³-hybridized carbons (Fsp3) is 0.417. The number of nitrogens with zero attached hydrogens (tertiary/aromatic N) is 1. The summed E-state index contributed by atoms with van der Waals surface area (Å²) < 4.78 is 4.79. The summed E-state index contributed by atoms with van der Waals surface area (Å²) in [5, 5.41) is 5.10. The van der Waals surface area contributed by atoms with Gasteiger partial charge < -0.3 is 21.1 Å². The molecule has 7 heteroatoms. The van der Waals surface area contributed by atoms with Crippen LogP contribution in [-0.2, 0) is 9.53 Å². The number of aryl methyl sites for hydroxylation is 1. The molecule has 1 aromatic rings. The first kappa shape index (κ1) is 14.9. The molecule has 0 spiro atoms. The second kappa shape index (κ2) is 7.32. The van der Waals surface area contributed by atoms with Crippen LogP contribution in [0.3, 0.4) is 0 Å². The van der Waals surface area contributed by atoms with E-state index in [1.54, 1.807) is 14.0 Å². The van der Waals surface area contributed by atoms with Crippen molar-refractivity contribution in [1.29, 1.82) is 0 Å². The van der Waals surface area contributed by atoms with Gasteiger partial charge in [-0.15, -0.1) is 0 Å². The lowest BCUT2D eigenvalue weighted by atomic mass is 10.2. The van der Waals surface area contributed by atoms with Gasteiger partial charge in [0.25, 0.3) is 5.91 Å². The minimum absolute atomic E-state index is 0.100. The fourth-order valence-electron chi connectivity index (χ4n) is 1.39. The summed E-state index contributed by atoms with van der Waals surface area (Å²) in [6, 6.07) is 1.53. The van der Waals surface area contributed by atoms with Gasteiger partial charge in [-0.25, -0.2) is 0 Å². The lowest BCUT2D eigenvalue weighted by Gasteiger charge is -2.08. The number of nitrogens with two attached hydrogens (primary N) is 1. The molecule has 0 unspecified atom stereocenters. The summed E-state index contributed by atoms with van der Waals surface area (Å²) in [4.78, 5) is 27.2. The van der Waals surface area contributed by atoms with E-state index in [1.165, 1.54) is 12.3 Å². The van der Waals surface area contributed by atoms with Crippen molar-refractivity contribution in [1.82, 2.24) is 15.6 Å². The minimum Gasteiger partial charge on any atom is -0.397 e. The Labute approximate surface area is 111 Å². The minimum atomic E-state index is -0.376. The molecular weight excluding hydrogens is 248 g/mol. The van der Waals surface area contributed by atoms with Gasteiger partial charge in [-0.1, -0.05) is 0 Å². The molecule has 0 fully saturated rings. The van der Waals surface area contributed by atoms with Crippen LogP contribution in [0.5, 0.6) is 0 Å². The number of pyridine rings is 1. The molecule has 4 N–H and O–H groups in total. The van der Waals surface area contributed by atoms with E-state index in [1.807, 2.05) is 0 Å². The molecule has 2 amide bonds. The molecule has 1 heterocycles. The van der Waals surface area contributed by atoms with Gasteiger partial charge in [0.1, 0.15) is 0 Å². The lowest BCUT2D eigenvalue weighted by molar-refractivity contribution is -0.120. The van der Waals surface area contributed by atoms with Crippen molar-refractivity contribution in [2.24, 2.45) is 0 Å². The summed E-state index contributed by atoms with van der Waals surface area (Å²) in [5.41, 5.74) is 6.90. The number of hydrogen-bond acceptors (Lipinski definition) is 5. The van der Waals surface area contributed by atoms with E-state index in [9.17, 15) is 9.59 Å². The molecule has 1 aromatic heterocycles. The second-order valence-electron chi connectivity index (χ2n) is 3.93. The van der Waals surface area contributed by atoms with Crippen LogP contribution in [0.1, 0.15) is 16.1 Å². The summed E-state index contributed by atoms with van der Waals surface area (Å²) in [7, 11) is 1.55. The standard InChI is InChI=1S/C12H18N4O3/c1-8-10(5-9(13)6-15-8)12(18)16-7-11(17)14-3-4-19-2/h5-6H,3-4,7,13H2,1-2H3,(H,14,17)(H,16,18). The van der Waals surface area contributed by atoms with Crippen molar-refractivity contribution < 1.29 is 14.3 Å². The number of carbonyl (C=O) groups is 2. The van der Waals surface area contributed by atoms with E-state index in [0.717, 1.165) is 0 Å². The van der Waals surface area contributed by atoms with Crippen LogP contribution >= 0.6 is 0 Å². The second-order valence-corrected chi connectivity index (χ2v) is 3.93. The van der Waals surface area contributed by atoms with Crippen molar-refractivity contribution in [3.63, 3.8) is 0 Å². The van der Waals surface area contributed by atoms with Crippen LogP contribution in [0, 0.1) is 6.92 Å².